The lowest BCUT2D eigenvalue weighted by atomic mass is 10.1. The predicted octanol–water partition coefficient (Wildman–Crippen LogP) is 4.92. The summed E-state index contributed by atoms with van der Waals surface area (Å²) in [5.41, 5.74) is 1.70. The average molecular weight is 265 g/mol. The lowest BCUT2D eigenvalue weighted by Crippen LogP contribution is -1.96. The molecule has 2 aromatic rings. The first kappa shape index (κ1) is 12.9. The maximum atomic E-state index is 13.8. The third kappa shape index (κ3) is 2.65. The van der Waals surface area contributed by atoms with Gasteiger partial charge in [-0.1, -0.05) is 37.3 Å². The molecule has 18 heavy (non-hydrogen) atoms. The highest BCUT2D eigenvalue weighted by atomic mass is 35.5. The molecule has 0 aliphatic rings. The Bertz CT molecular complexity index is 540. The number of para-hydroxylation sites is 2. The van der Waals surface area contributed by atoms with Crippen LogP contribution in [0.15, 0.2) is 42.5 Å². The van der Waals surface area contributed by atoms with Crippen LogP contribution in [0.5, 0.6) is 11.5 Å². The number of benzene rings is 2. The van der Waals surface area contributed by atoms with Gasteiger partial charge < -0.3 is 4.74 Å². The van der Waals surface area contributed by atoms with Gasteiger partial charge in [0.1, 0.15) is 5.75 Å². The summed E-state index contributed by atoms with van der Waals surface area (Å²) >= 11 is 5.80. The first-order chi connectivity index (χ1) is 8.76. The molecule has 0 spiro atoms. The standard InChI is InChI=1S/C15H14ClFO/c1-2-11-6-3-4-9-14(11)18-15-12(10-16)7-5-8-13(15)17/h3-9H,2,10H2,1H3. The monoisotopic (exact) mass is 264 g/mol. The number of halogens is 2. The number of aryl methyl sites for hydroxylation is 1. The van der Waals surface area contributed by atoms with Gasteiger partial charge in [-0.15, -0.1) is 11.6 Å². The normalized spacial score (nSPS) is 10.4. The molecule has 3 heteroatoms. The number of hydrogen-bond donors (Lipinski definition) is 0. The van der Waals surface area contributed by atoms with Crippen LogP contribution in [0, 0.1) is 5.82 Å². The second kappa shape index (κ2) is 5.87. The van der Waals surface area contributed by atoms with Crippen molar-refractivity contribution in [2.45, 2.75) is 19.2 Å². The van der Waals surface area contributed by atoms with Gasteiger partial charge in [-0.25, -0.2) is 4.39 Å². The van der Waals surface area contributed by atoms with Crippen LogP contribution in [0.1, 0.15) is 18.1 Å². The molecule has 0 unspecified atom stereocenters. The Morgan fingerprint density at radius 1 is 1.06 bits per heavy atom. The van der Waals surface area contributed by atoms with E-state index < -0.39 is 0 Å². The molecule has 0 fully saturated rings. The summed E-state index contributed by atoms with van der Waals surface area (Å²) in [4.78, 5) is 0. The fourth-order valence-corrected chi connectivity index (χ4v) is 1.99. The fourth-order valence-electron chi connectivity index (χ4n) is 1.78. The van der Waals surface area contributed by atoms with Gasteiger partial charge in [0, 0.05) is 5.56 Å². The topological polar surface area (TPSA) is 9.23 Å². The smallest absolute Gasteiger partial charge is 0.167 e. The van der Waals surface area contributed by atoms with Crippen LogP contribution < -0.4 is 4.74 Å². The maximum absolute atomic E-state index is 13.8. The van der Waals surface area contributed by atoms with Crippen molar-refractivity contribution in [2.24, 2.45) is 0 Å². The Morgan fingerprint density at radius 2 is 1.78 bits per heavy atom. The Kier molecular flexibility index (Phi) is 4.21. The van der Waals surface area contributed by atoms with Crippen molar-refractivity contribution in [1.29, 1.82) is 0 Å². The van der Waals surface area contributed by atoms with Gasteiger partial charge >= 0.3 is 0 Å². The SMILES string of the molecule is CCc1ccccc1Oc1c(F)cccc1CCl. The largest absolute Gasteiger partial charge is 0.454 e. The number of hydrogen-bond acceptors (Lipinski definition) is 1. The van der Waals surface area contributed by atoms with Gasteiger partial charge in [0.15, 0.2) is 11.6 Å². The fraction of sp³-hybridized carbons (Fsp3) is 0.200. The first-order valence-electron chi connectivity index (χ1n) is 5.85. The highest BCUT2D eigenvalue weighted by Crippen LogP contribution is 2.31. The minimum absolute atomic E-state index is 0.216. The van der Waals surface area contributed by atoms with Crippen LogP contribution in [-0.2, 0) is 12.3 Å². The Balaban J connectivity index is 2.39. The van der Waals surface area contributed by atoms with Crippen molar-refractivity contribution in [3.05, 3.63) is 59.4 Å². The minimum atomic E-state index is -0.390. The van der Waals surface area contributed by atoms with Crippen LogP contribution in [-0.4, -0.2) is 0 Å². The van der Waals surface area contributed by atoms with Gasteiger partial charge in [-0.2, -0.15) is 0 Å². The third-order valence-corrected chi connectivity index (χ3v) is 3.05. The van der Waals surface area contributed by atoms with E-state index in [1.54, 1.807) is 12.1 Å². The van der Waals surface area contributed by atoms with E-state index in [2.05, 4.69) is 0 Å². The van der Waals surface area contributed by atoms with Gasteiger partial charge in [0.25, 0.3) is 0 Å². The summed E-state index contributed by atoms with van der Waals surface area (Å²) in [6.07, 6.45) is 0.834. The zero-order chi connectivity index (χ0) is 13.0. The molecule has 0 saturated carbocycles. The van der Waals surface area contributed by atoms with Crippen LogP contribution in [0.3, 0.4) is 0 Å². The second-order valence-corrected chi connectivity index (χ2v) is 4.19. The molecule has 94 valence electrons. The van der Waals surface area contributed by atoms with Crippen LogP contribution >= 0.6 is 11.6 Å². The average Bonchev–Trinajstić information content (AvgIpc) is 2.41. The molecule has 0 heterocycles. The van der Waals surface area contributed by atoms with E-state index in [-0.39, 0.29) is 17.4 Å². The Labute approximate surface area is 111 Å². The van der Waals surface area contributed by atoms with Crippen molar-refractivity contribution >= 4 is 11.6 Å². The van der Waals surface area contributed by atoms with Gasteiger partial charge in [-0.05, 0) is 24.1 Å². The molecule has 0 aliphatic heterocycles. The zero-order valence-corrected chi connectivity index (χ0v) is 10.9. The highest BCUT2D eigenvalue weighted by Gasteiger charge is 2.11. The summed E-state index contributed by atoms with van der Waals surface area (Å²) in [5, 5.41) is 0. The molecular formula is C15H14ClFO. The van der Waals surface area contributed by atoms with E-state index in [0.29, 0.717) is 11.3 Å². The molecule has 2 rings (SSSR count). The number of alkyl halides is 1. The molecule has 0 amide bonds. The summed E-state index contributed by atoms with van der Waals surface area (Å²) in [6.45, 7) is 2.03. The van der Waals surface area contributed by atoms with E-state index in [1.807, 2.05) is 31.2 Å². The van der Waals surface area contributed by atoms with Crippen molar-refractivity contribution in [3.8, 4) is 11.5 Å². The van der Waals surface area contributed by atoms with Crippen molar-refractivity contribution in [3.63, 3.8) is 0 Å². The summed E-state index contributed by atoms with van der Waals surface area (Å²) < 4.78 is 19.5. The summed E-state index contributed by atoms with van der Waals surface area (Å²) in [7, 11) is 0. The lowest BCUT2D eigenvalue weighted by molar-refractivity contribution is 0.434. The van der Waals surface area contributed by atoms with Gasteiger partial charge in [0.05, 0.1) is 5.88 Å². The van der Waals surface area contributed by atoms with Gasteiger partial charge in [-0.3, -0.25) is 0 Å². The minimum Gasteiger partial charge on any atom is -0.454 e. The zero-order valence-electron chi connectivity index (χ0n) is 10.1. The first-order valence-corrected chi connectivity index (χ1v) is 6.38. The molecule has 0 bridgehead atoms. The van der Waals surface area contributed by atoms with Crippen molar-refractivity contribution < 1.29 is 9.13 Å². The predicted molar refractivity (Wildman–Crippen MR) is 71.9 cm³/mol. The van der Waals surface area contributed by atoms with Crippen LogP contribution in [0.2, 0.25) is 0 Å². The Morgan fingerprint density at radius 3 is 2.50 bits per heavy atom. The van der Waals surface area contributed by atoms with E-state index in [0.717, 1.165) is 12.0 Å². The highest BCUT2D eigenvalue weighted by molar-refractivity contribution is 6.17. The molecule has 0 aliphatic carbocycles. The number of rotatable bonds is 4. The second-order valence-electron chi connectivity index (χ2n) is 3.93. The molecule has 2 aromatic carbocycles. The van der Waals surface area contributed by atoms with Crippen molar-refractivity contribution in [1.82, 2.24) is 0 Å². The molecule has 0 N–H and O–H groups in total. The lowest BCUT2D eigenvalue weighted by Gasteiger charge is -2.13. The summed E-state index contributed by atoms with van der Waals surface area (Å²) in [6, 6.07) is 12.4. The molecule has 1 nitrogen and oxygen atoms in total. The van der Waals surface area contributed by atoms with E-state index >= 15 is 0 Å². The van der Waals surface area contributed by atoms with Crippen molar-refractivity contribution in [2.75, 3.05) is 0 Å². The Hall–Kier alpha value is -1.54. The van der Waals surface area contributed by atoms with E-state index in [4.69, 9.17) is 16.3 Å². The van der Waals surface area contributed by atoms with E-state index in [1.165, 1.54) is 6.07 Å². The number of ether oxygens (including phenoxy) is 1. The van der Waals surface area contributed by atoms with E-state index in [9.17, 15) is 4.39 Å². The third-order valence-electron chi connectivity index (χ3n) is 2.76. The summed E-state index contributed by atoms with van der Waals surface area (Å²) in [5.74, 6) is 0.727. The quantitative estimate of drug-likeness (QED) is 0.712. The maximum Gasteiger partial charge on any atom is 0.167 e. The molecule has 0 saturated heterocycles. The molecule has 0 atom stereocenters. The molecule has 0 aromatic heterocycles. The molecule has 0 radical (unpaired) electrons. The van der Waals surface area contributed by atoms with Crippen LogP contribution in [0.25, 0.3) is 0 Å². The van der Waals surface area contributed by atoms with Gasteiger partial charge in [0.2, 0.25) is 0 Å². The van der Waals surface area contributed by atoms with Crippen LogP contribution in [0.4, 0.5) is 4.39 Å². The molecular weight excluding hydrogens is 251 g/mol.